The fourth-order valence-electron chi connectivity index (χ4n) is 9.89. The molecular formula is C54H36N2OSi. The smallest absolute Gasteiger partial charge is 0.181 e. The largest absolute Gasteiger partial charge is 0.454 e. The van der Waals surface area contributed by atoms with Crippen LogP contribution in [0.15, 0.2) is 223 Å². The maximum Gasteiger partial charge on any atom is 0.181 e. The number of benzene rings is 9. The molecule has 58 heavy (non-hydrogen) atoms. The number of hydrogen-bond acceptors (Lipinski definition) is 1. The van der Waals surface area contributed by atoms with Crippen molar-refractivity contribution in [2.24, 2.45) is 0 Å². The number of fused-ring (bicyclic) bond motifs is 10. The van der Waals surface area contributed by atoms with Gasteiger partial charge in [0.1, 0.15) is 5.58 Å². The van der Waals surface area contributed by atoms with Crippen LogP contribution in [0.1, 0.15) is 0 Å². The van der Waals surface area contributed by atoms with Gasteiger partial charge >= 0.3 is 0 Å². The quantitative estimate of drug-likeness (QED) is 0.122. The Morgan fingerprint density at radius 3 is 1.50 bits per heavy atom. The molecule has 0 fully saturated rings. The molecule has 3 aromatic heterocycles. The zero-order chi connectivity index (χ0) is 38.2. The summed E-state index contributed by atoms with van der Waals surface area (Å²) in [7, 11) is -3.11. The Balaban J connectivity index is 1.24. The number of furan rings is 1. The molecule has 0 atom stereocenters. The third kappa shape index (κ3) is 4.61. The lowest BCUT2D eigenvalue weighted by atomic mass is 10.1. The lowest BCUT2D eigenvalue weighted by molar-refractivity contribution is 0.671. The van der Waals surface area contributed by atoms with E-state index in [4.69, 9.17) is 4.42 Å². The normalized spacial score (nSPS) is 12.1. The predicted octanol–water partition coefficient (Wildman–Crippen LogP) is 11.2. The predicted molar refractivity (Wildman–Crippen MR) is 246 cm³/mol. The van der Waals surface area contributed by atoms with Crippen LogP contribution in [0, 0.1) is 0 Å². The van der Waals surface area contributed by atoms with E-state index in [0.717, 1.165) is 44.3 Å². The highest BCUT2D eigenvalue weighted by atomic mass is 28.3. The van der Waals surface area contributed by atoms with Gasteiger partial charge < -0.3 is 13.6 Å². The highest BCUT2D eigenvalue weighted by Gasteiger charge is 2.44. The number of nitrogens with zero attached hydrogens (tertiary/aromatic N) is 2. The molecule has 0 saturated carbocycles. The van der Waals surface area contributed by atoms with Crippen LogP contribution in [0.25, 0.3) is 76.9 Å². The third-order valence-electron chi connectivity index (χ3n) is 12.2. The van der Waals surface area contributed by atoms with E-state index in [1.54, 1.807) is 0 Å². The Hall–Kier alpha value is -7.40. The van der Waals surface area contributed by atoms with Gasteiger partial charge in [0.15, 0.2) is 13.7 Å². The van der Waals surface area contributed by atoms with Crippen LogP contribution in [-0.2, 0) is 0 Å². The zero-order valence-corrected chi connectivity index (χ0v) is 32.6. The van der Waals surface area contributed by atoms with E-state index in [-0.39, 0.29) is 0 Å². The minimum Gasteiger partial charge on any atom is -0.454 e. The molecule has 272 valence electrons. The standard InChI is InChI=1S/C54H36N2OSi/c1-4-18-37(19-5-1)55-48-30-13-10-26-42(48)45-29-17-33-51(52(45)55)58(39-21-6-2-7-22-39,40-23-8-3-9-24-40)41-25-16-20-38(36-41)56-49-31-14-11-27-43(49)46-34-35-47-44-28-12-15-32-50(44)57-54(47)53(46)56/h1-36H. The third-order valence-corrected chi connectivity index (χ3v) is 17.0. The van der Waals surface area contributed by atoms with Gasteiger partial charge in [0.2, 0.25) is 0 Å². The van der Waals surface area contributed by atoms with Gasteiger partial charge in [-0.1, -0.05) is 170 Å². The topological polar surface area (TPSA) is 23.0 Å². The minimum atomic E-state index is -3.11. The summed E-state index contributed by atoms with van der Waals surface area (Å²) in [4.78, 5) is 0. The van der Waals surface area contributed by atoms with E-state index in [9.17, 15) is 0 Å². The van der Waals surface area contributed by atoms with Crippen LogP contribution in [0.5, 0.6) is 0 Å². The van der Waals surface area contributed by atoms with Crippen molar-refractivity contribution < 1.29 is 4.42 Å². The van der Waals surface area contributed by atoms with Crippen LogP contribution in [-0.4, -0.2) is 17.2 Å². The summed E-state index contributed by atoms with van der Waals surface area (Å²) in [5.41, 5.74) is 8.76. The van der Waals surface area contributed by atoms with Crippen LogP contribution in [0.3, 0.4) is 0 Å². The molecule has 0 amide bonds. The second kappa shape index (κ2) is 12.8. The van der Waals surface area contributed by atoms with Crippen molar-refractivity contribution >= 4 is 94.4 Å². The summed E-state index contributed by atoms with van der Waals surface area (Å²) in [6.45, 7) is 0. The maximum absolute atomic E-state index is 6.78. The summed E-state index contributed by atoms with van der Waals surface area (Å²) in [5, 5.41) is 12.5. The minimum absolute atomic E-state index is 0.900. The average Bonchev–Trinajstić information content (AvgIpc) is 3.96. The monoisotopic (exact) mass is 756 g/mol. The Kier molecular flexibility index (Phi) is 7.25. The first-order valence-corrected chi connectivity index (χ1v) is 21.9. The van der Waals surface area contributed by atoms with Crippen molar-refractivity contribution in [3.63, 3.8) is 0 Å². The van der Waals surface area contributed by atoms with E-state index in [1.807, 2.05) is 0 Å². The van der Waals surface area contributed by atoms with E-state index >= 15 is 0 Å². The molecule has 3 heterocycles. The van der Waals surface area contributed by atoms with Crippen molar-refractivity contribution in [3.8, 4) is 11.4 Å². The van der Waals surface area contributed by atoms with Crippen LogP contribution in [0.2, 0.25) is 0 Å². The number of aromatic nitrogens is 2. The molecule has 12 rings (SSSR count). The highest BCUT2D eigenvalue weighted by molar-refractivity contribution is 7.20. The van der Waals surface area contributed by atoms with Crippen LogP contribution < -0.4 is 20.7 Å². The van der Waals surface area contributed by atoms with Crippen LogP contribution >= 0.6 is 0 Å². The molecular weight excluding hydrogens is 721 g/mol. The lowest BCUT2D eigenvalue weighted by Crippen LogP contribution is -2.75. The highest BCUT2D eigenvalue weighted by Crippen LogP contribution is 2.40. The molecule has 3 nitrogen and oxygen atoms in total. The molecule has 0 aliphatic rings. The Morgan fingerprint density at radius 2 is 0.810 bits per heavy atom. The molecule has 0 unspecified atom stereocenters. The molecule has 0 aliphatic heterocycles. The van der Waals surface area contributed by atoms with Gasteiger partial charge in [-0.25, -0.2) is 0 Å². The summed E-state index contributed by atoms with van der Waals surface area (Å²) in [6, 6.07) is 80.3. The van der Waals surface area contributed by atoms with Crippen molar-refractivity contribution in [1.82, 2.24) is 9.13 Å². The number of para-hydroxylation sites is 5. The van der Waals surface area contributed by atoms with Crippen molar-refractivity contribution in [2.75, 3.05) is 0 Å². The maximum atomic E-state index is 6.78. The van der Waals surface area contributed by atoms with E-state index in [1.165, 1.54) is 53.3 Å². The van der Waals surface area contributed by atoms with Crippen molar-refractivity contribution in [2.45, 2.75) is 0 Å². The molecule has 0 saturated heterocycles. The SMILES string of the molecule is c1ccc(-n2c3ccccc3c3cccc([Si](c4ccccc4)(c4ccccc4)c4cccc(-n5c6ccccc6c6ccc7c8ccccc8oc7c65)c4)c32)cc1. The summed E-state index contributed by atoms with van der Waals surface area (Å²) < 4.78 is 11.7. The molecule has 9 aromatic carbocycles. The molecule has 0 spiro atoms. The summed E-state index contributed by atoms with van der Waals surface area (Å²) in [5.74, 6) is 0. The Labute approximate surface area is 336 Å². The van der Waals surface area contributed by atoms with Gasteiger partial charge in [0.25, 0.3) is 0 Å². The Bertz CT molecular complexity index is 3470. The van der Waals surface area contributed by atoms with Gasteiger partial charge in [-0.2, -0.15) is 0 Å². The van der Waals surface area contributed by atoms with Gasteiger partial charge in [-0.05, 0) is 69.3 Å². The first kappa shape index (κ1) is 32.8. The first-order valence-electron chi connectivity index (χ1n) is 19.9. The number of rotatable bonds is 6. The molecule has 12 aromatic rings. The second-order valence-corrected chi connectivity index (χ2v) is 19.0. The molecule has 0 bridgehead atoms. The van der Waals surface area contributed by atoms with Crippen molar-refractivity contribution in [3.05, 3.63) is 218 Å². The second-order valence-electron chi connectivity index (χ2n) is 15.2. The van der Waals surface area contributed by atoms with E-state index in [0.29, 0.717) is 0 Å². The number of hydrogen-bond donors (Lipinski definition) is 0. The van der Waals surface area contributed by atoms with Crippen LogP contribution in [0.4, 0.5) is 0 Å². The van der Waals surface area contributed by atoms with E-state index < -0.39 is 8.07 Å². The molecule has 0 aliphatic carbocycles. The molecule has 0 N–H and O–H groups in total. The fourth-order valence-corrected chi connectivity index (χ4v) is 14.9. The summed E-state index contributed by atoms with van der Waals surface area (Å²) >= 11 is 0. The lowest BCUT2D eigenvalue weighted by Gasteiger charge is -2.35. The Morgan fingerprint density at radius 1 is 0.328 bits per heavy atom. The fraction of sp³-hybridized carbons (Fsp3) is 0. The zero-order valence-electron chi connectivity index (χ0n) is 31.6. The molecule has 0 radical (unpaired) electrons. The van der Waals surface area contributed by atoms with Gasteiger partial charge in [0.05, 0.1) is 22.1 Å². The van der Waals surface area contributed by atoms with Gasteiger partial charge in [-0.15, -0.1) is 0 Å². The van der Waals surface area contributed by atoms with Gasteiger partial charge in [0, 0.05) is 43.7 Å². The van der Waals surface area contributed by atoms with Gasteiger partial charge in [-0.3, -0.25) is 0 Å². The summed E-state index contributed by atoms with van der Waals surface area (Å²) in [6.07, 6.45) is 0. The van der Waals surface area contributed by atoms with E-state index in [2.05, 4.69) is 228 Å². The van der Waals surface area contributed by atoms with Crippen molar-refractivity contribution in [1.29, 1.82) is 0 Å². The molecule has 4 heteroatoms. The average molecular weight is 757 g/mol. The first-order chi connectivity index (χ1) is 28.8.